The molecule has 29 heavy (non-hydrogen) atoms. The van der Waals surface area contributed by atoms with Crippen molar-refractivity contribution in [3.05, 3.63) is 58.1 Å². The van der Waals surface area contributed by atoms with Crippen molar-refractivity contribution in [2.24, 2.45) is 0 Å². The minimum Gasteiger partial charge on any atom is -0.365 e. The predicted molar refractivity (Wildman–Crippen MR) is 121 cm³/mol. The first-order valence-electron chi connectivity index (χ1n) is 9.02. The number of hydrogen-bond acceptors (Lipinski definition) is 4. The zero-order valence-electron chi connectivity index (χ0n) is 15.7. The van der Waals surface area contributed by atoms with Gasteiger partial charge in [-0.15, -0.1) is 0 Å². The molecule has 1 heterocycles. The number of carbonyl (C=O) groups excluding carboxylic acids is 2. The van der Waals surface area contributed by atoms with Gasteiger partial charge in [0.05, 0.1) is 16.4 Å². The Labute approximate surface area is 184 Å². The van der Waals surface area contributed by atoms with Gasteiger partial charge in [0.25, 0.3) is 5.91 Å². The van der Waals surface area contributed by atoms with Crippen molar-refractivity contribution in [1.82, 2.24) is 10.2 Å². The fraction of sp³-hybridized carbons (Fsp3) is 0.250. The smallest absolute Gasteiger partial charge is 0.257 e. The summed E-state index contributed by atoms with van der Waals surface area (Å²) < 4.78 is 0. The van der Waals surface area contributed by atoms with E-state index in [2.05, 4.69) is 15.5 Å². The fourth-order valence-electron chi connectivity index (χ4n) is 3.14. The summed E-state index contributed by atoms with van der Waals surface area (Å²) >= 11 is 17.7. The molecule has 0 spiro atoms. The summed E-state index contributed by atoms with van der Waals surface area (Å²) in [5.74, 6) is -0.296. The molecule has 0 atom stereocenters. The van der Waals surface area contributed by atoms with Crippen molar-refractivity contribution in [3.63, 3.8) is 0 Å². The average molecular weight is 451 g/mol. The molecule has 0 radical (unpaired) electrons. The molecule has 1 aliphatic heterocycles. The minimum atomic E-state index is -0.358. The summed E-state index contributed by atoms with van der Waals surface area (Å²) in [6.45, 7) is 4.12. The van der Waals surface area contributed by atoms with Gasteiger partial charge >= 0.3 is 0 Å². The molecule has 2 aromatic rings. The van der Waals surface area contributed by atoms with Crippen molar-refractivity contribution >= 4 is 63.7 Å². The number of piperazine rings is 1. The Morgan fingerprint density at radius 1 is 1.03 bits per heavy atom. The van der Waals surface area contributed by atoms with E-state index in [1.54, 1.807) is 48.2 Å². The first kappa shape index (κ1) is 21.4. The van der Waals surface area contributed by atoms with E-state index in [4.69, 9.17) is 35.4 Å². The molecule has 1 fully saturated rings. The molecule has 0 aromatic heterocycles. The van der Waals surface area contributed by atoms with Crippen molar-refractivity contribution in [2.75, 3.05) is 36.4 Å². The maximum absolute atomic E-state index is 12.4. The second kappa shape index (κ2) is 9.43. The lowest BCUT2D eigenvalue weighted by Gasteiger charge is -2.37. The molecule has 0 aliphatic carbocycles. The second-order valence-corrected chi connectivity index (χ2v) is 7.80. The monoisotopic (exact) mass is 450 g/mol. The van der Waals surface area contributed by atoms with E-state index in [9.17, 15) is 9.59 Å². The molecule has 3 rings (SSSR count). The summed E-state index contributed by atoms with van der Waals surface area (Å²) in [4.78, 5) is 27.8. The summed E-state index contributed by atoms with van der Waals surface area (Å²) in [5.41, 5.74) is 1.88. The molecule has 9 heteroatoms. The largest absolute Gasteiger partial charge is 0.365 e. The van der Waals surface area contributed by atoms with E-state index >= 15 is 0 Å². The van der Waals surface area contributed by atoms with Crippen LogP contribution < -0.4 is 15.5 Å². The summed E-state index contributed by atoms with van der Waals surface area (Å²) in [7, 11) is 0. The van der Waals surface area contributed by atoms with Gasteiger partial charge in [-0.3, -0.25) is 14.9 Å². The van der Waals surface area contributed by atoms with Crippen LogP contribution in [-0.2, 0) is 4.79 Å². The Hall–Kier alpha value is -2.35. The van der Waals surface area contributed by atoms with Gasteiger partial charge in [-0.1, -0.05) is 35.3 Å². The first-order chi connectivity index (χ1) is 13.8. The van der Waals surface area contributed by atoms with Crippen molar-refractivity contribution in [2.45, 2.75) is 6.92 Å². The Kier molecular flexibility index (Phi) is 6.95. The van der Waals surface area contributed by atoms with Crippen molar-refractivity contribution in [1.29, 1.82) is 0 Å². The molecule has 0 bridgehead atoms. The van der Waals surface area contributed by atoms with Gasteiger partial charge in [-0.05, 0) is 42.5 Å². The normalized spacial score (nSPS) is 13.8. The number of nitrogens with zero attached hydrogens (tertiary/aromatic N) is 2. The first-order valence-corrected chi connectivity index (χ1v) is 10.2. The Morgan fingerprint density at radius 3 is 2.38 bits per heavy atom. The Morgan fingerprint density at radius 2 is 1.72 bits per heavy atom. The van der Waals surface area contributed by atoms with Gasteiger partial charge in [0.15, 0.2) is 5.11 Å². The van der Waals surface area contributed by atoms with E-state index in [-0.39, 0.29) is 16.9 Å². The van der Waals surface area contributed by atoms with Gasteiger partial charge in [-0.2, -0.15) is 0 Å². The highest BCUT2D eigenvalue weighted by molar-refractivity contribution is 7.80. The molecular formula is C20H20Cl2N4O2S. The van der Waals surface area contributed by atoms with E-state index in [1.165, 1.54) is 0 Å². The zero-order valence-corrected chi connectivity index (χ0v) is 18.1. The number of carbonyl (C=O) groups is 2. The van der Waals surface area contributed by atoms with Crippen LogP contribution in [0.4, 0.5) is 11.4 Å². The third-order valence-electron chi connectivity index (χ3n) is 4.59. The Balaban J connectivity index is 1.71. The number of rotatable bonds is 3. The van der Waals surface area contributed by atoms with Gasteiger partial charge in [0.1, 0.15) is 0 Å². The summed E-state index contributed by atoms with van der Waals surface area (Å²) in [6.07, 6.45) is 0. The molecule has 2 amide bonds. The van der Waals surface area contributed by atoms with Gasteiger partial charge < -0.3 is 15.1 Å². The average Bonchev–Trinajstić information content (AvgIpc) is 2.68. The van der Waals surface area contributed by atoms with E-state index in [0.29, 0.717) is 47.5 Å². The maximum Gasteiger partial charge on any atom is 0.257 e. The van der Waals surface area contributed by atoms with Gasteiger partial charge in [0, 0.05) is 43.7 Å². The lowest BCUT2D eigenvalue weighted by Crippen LogP contribution is -2.48. The molecule has 2 N–H and O–H groups in total. The number of halogens is 2. The van der Waals surface area contributed by atoms with E-state index in [1.807, 2.05) is 6.07 Å². The number of thiocarbonyl (C=S) groups is 1. The third kappa shape index (κ3) is 5.38. The quantitative estimate of drug-likeness (QED) is 0.696. The van der Waals surface area contributed by atoms with Gasteiger partial charge in [0.2, 0.25) is 5.91 Å². The third-order valence-corrected chi connectivity index (χ3v) is 5.33. The van der Waals surface area contributed by atoms with Crippen LogP contribution in [0.3, 0.4) is 0 Å². The second-order valence-electron chi connectivity index (χ2n) is 6.55. The van der Waals surface area contributed by atoms with Crippen LogP contribution in [0.25, 0.3) is 0 Å². The summed E-state index contributed by atoms with van der Waals surface area (Å²) in [6, 6.07) is 12.1. The standard InChI is InChI=1S/C20H20Cl2N4O2S/c1-13(27)25-8-10-26(11-9-25)18-16(22)6-3-7-17(18)23-20(29)24-19(28)14-4-2-5-15(21)12-14/h2-7,12H,8-11H2,1H3,(H2,23,24,28,29). The van der Waals surface area contributed by atoms with Crippen LogP contribution in [0.2, 0.25) is 10.0 Å². The topological polar surface area (TPSA) is 64.7 Å². The van der Waals surface area contributed by atoms with Gasteiger partial charge in [-0.25, -0.2) is 0 Å². The lowest BCUT2D eigenvalue weighted by atomic mass is 10.2. The molecule has 152 valence electrons. The van der Waals surface area contributed by atoms with Crippen LogP contribution in [0.15, 0.2) is 42.5 Å². The number of hydrogen-bond donors (Lipinski definition) is 2. The minimum absolute atomic E-state index is 0.0621. The lowest BCUT2D eigenvalue weighted by molar-refractivity contribution is -0.129. The molecule has 0 unspecified atom stereocenters. The molecule has 6 nitrogen and oxygen atoms in total. The maximum atomic E-state index is 12.4. The highest BCUT2D eigenvalue weighted by Crippen LogP contribution is 2.34. The van der Waals surface area contributed by atoms with Crippen LogP contribution in [0.5, 0.6) is 0 Å². The van der Waals surface area contributed by atoms with E-state index < -0.39 is 0 Å². The fourth-order valence-corrected chi connectivity index (χ4v) is 3.83. The molecule has 1 aliphatic rings. The molecular weight excluding hydrogens is 431 g/mol. The van der Waals surface area contributed by atoms with Crippen LogP contribution in [0.1, 0.15) is 17.3 Å². The SMILES string of the molecule is CC(=O)N1CCN(c2c(Cl)cccc2NC(=S)NC(=O)c2cccc(Cl)c2)CC1. The van der Waals surface area contributed by atoms with Crippen LogP contribution in [0, 0.1) is 0 Å². The molecule has 1 saturated heterocycles. The Bertz CT molecular complexity index is 946. The van der Waals surface area contributed by atoms with E-state index in [0.717, 1.165) is 5.69 Å². The highest BCUT2D eigenvalue weighted by atomic mass is 35.5. The summed E-state index contributed by atoms with van der Waals surface area (Å²) in [5, 5.41) is 6.90. The van der Waals surface area contributed by atoms with Crippen molar-refractivity contribution in [3.8, 4) is 0 Å². The van der Waals surface area contributed by atoms with Crippen LogP contribution >= 0.6 is 35.4 Å². The molecule has 0 saturated carbocycles. The number of nitrogens with one attached hydrogen (secondary N) is 2. The molecule has 2 aromatic carbocycles. The van der Waals surface area contributed by atoms with Crippen molar-refractivity contribution < 1.29 is 9.59 Å². The number of benzene rings is 2. The highest BCUT2D eigenvalue weighted by Gasteiger charge is 2.23. The number of amides is 2. The van der Waals surface area contributed by atoms with Crippen LogP contribution in [-0.4, -0.2) is 48.0 Å². The predicted octanol–water partition coefficient (Wildman–Crippen LogP) is 3.79. The zero-order chi connectivity index (χ0) is 21.0. The number of anilines is 2. The number of para-hydroxylation sites is 1.